The molecule has 0 aromatic heterocycles. The van der Waals surface area contributed by atoms with Crippen molar-refractivity contribution < 1.29 is 14.7 Å². The van der Waals surface area contributed by atoms with Crippen molar-refractivity contribution in [3.05, 3.63) is 0 Å². The van der Waals surface area contributed by atoms with Gasteiger partial charge < -0.3 is 10.0 Å². The highest BCUT2D eigenvalue weighted by Gasteiger charge is 2.32. The Morgan fingerprint density at radius 1 is 0.938 bits per heavy atom. The number of carboxylic acids is 1. The van der Waals surface area contributed by atoms with Gasteiger partial charge in [-0.2, -0.15) is 0 Å². The van der Waals surface area contributed by atoms with E-state index < -0.39 is 5.97 Å². The van der Waals surface area contributed by atoms with Crippen LogP contribution in [0.5, 0.6) is 0 Å². The molecule has 16 heavy (non-hydrogen) atoms. The molecule has 1 saturated heterocycles. The predicted octanol–water partition coefficient (Wildman–Crippen LogP) is 1.50. The van der Waals surface area contributed by atoms with Crippen molar-refractivity contribution in [2.75, 3.05) is 13.1 Å². The predicted molar refractivity (Wildman–Crippen MR) is 58.9 cm³/mol. The highest BCUT2D eigenvalue weighted by atomic mass is 16.4. The van der Waals surface area contributed by atoms with Crippen molar-refractivity contribution in [3.8, 4) is 0 Å². The minimum absolute atomic E-state index is 0.0914. The van der Waals surface area contributed by atoms with Crippen LogP contribution in [0.1, 0.15) is 38.5 Å². The molecule has 1 aliphatic carbocycles. The Kier molecular flexibility index (Phi) is 3.46. The smallest absolute Gasteiger partial charge is 0.306 e. The van der Waals surface area contributed by atoms with Crippen molar-refractivity contribution in [2.45, 2.75) is 38.5 Å². The summed E-state index contributed by atoms with van der Waals surface area (Å²) in [5.74, 6) is -0.565. The topological polar surface area (TPSA) is 57.6 Å². The lowest BCUT2D eigenvalue weighted by Crippen LogP contribution is -2.36. The Bertz CT molecular complexity index is 276. The standard InChI is InChI=1S/C12H19NO3/c14-11(13-7-1-2-8-13)9-3-5-10(6-4-9)12(15)16/h9-10H,1-8H2,(H,15,16)/t9-,10-. The number of aliphatic carboxylic acids is 1. The third-order valence-electron chi connectivity index (χ3n) is 3.84. The van der Waals surface area contributed by atoms with E-state index in [2.05, 4.69) is 0 Å². The van der Waals surface area contributed by atoms with E-state index in [-0.39, 0.29) is 17.7 Å². The second kappa shape index (κ2) is 4.85. The van der Waals surface area contributed by atoms with E-state index in [9.17, 15) is 9.59 Å². The fourth-order valence-electron chi connectivity index (χ4n) is 2.78. The molecule has 0 unspecified atom stereocenters. The van der Waals surface area contributed by atoms with Crippen LogP contribution in [-0.4, -0.2) is 35.0 Å². The second-order valence-corrected chi connectivity index (χ2v) is 4.92. The van der Waals surface area contributed by atoms with E-state index in [1.54, 1.807) is 0 Å². The number of carbonyl (C=O) groups is 2. The fourth-order valence-corrected chi connectivity index (χ4v) is 2.78. The number of carbonyl (C=O) groups excluding carboxylic acids is 1. The zero-order valence-electron chi connectivity index (χ0n) is 9.52. The van der Waals surface area contributed by atoms with Crippen molar-refractivity contribution in [1.82, 2.24) is 4.90 Å². The SMILES string of the molecule is O=C(O)[C@H]1CC[C@H](C(=O)N2CCCC2)CC1. The molecule has 2 aliphatic rings. The zero-order chi connectivity index (χ0) is 11.5. The number of carboxylic acid groups (broad SMARTS) is 1. The average Bonchev–Trinajstić information content (AvgIpc) is 2.81. The Morgan fingerprint density at radius 2 is 1.44 bits per heavy atom. The summed E-state index contributed by atoms with van der Waals surface area (Å²) in [6.45, 7) is 1.80. The van der Waals surface area contributed by atoms with Gasteiger partial charge in [0.15, 0.2) is 0 Å². The van der Waals surface area contributed by atoms with E-state index >= 15 is 0 Å². The van der Waals surface area contributed by atoms with E-state index in [0.717, 1.165) is 38.8 Å². The van der Waals surface area contributed by atoms with Gasteiger partial charge in [0.05, 0.1) is 5.92 Å². The molecule has 1 amide bonds. The van der Waals surface area contributed by atoms with Gasteiger partial charge in [-0.25, -0.2) is 0 Å². The third kappa shape index (κ3) is 2.36. The molecule has 4 nitrogen and oxygen atoms in total. The van der Waals surface area contributed by atoms with Gasteiger partial charge in [-0.1, -0.05) is 0 Å². The molecular formula is C12H19NO3. The Hall–Kier alpha value is -1.06. The van der Waals surface area contributed by atoms with Crippen LogP contribution in [0.25, 0.3) is 0 Å². The number of hydrogen-bond donors (Lipinski definition) is 1. The highest BCUT2D eigenvalue weighted by molar-refractivity contribution is 5.79. The van der Waals surface area contributed by atoms with Crippen molar-refractivity contribution in [2.24, 2.45) is 11.8 Å². The minimum atomic E-state index is -0.702. The van der Waals surface area contributed by atoms with Crippen LogP contribution in [0.15, 0.2) is 0 Å². The van der Waals surface area contributed by atoms with Crippen molar-refractivity contribution in [3.63, 3.8) is 0 Å². The monoisotopic (exact) mass is 225 g/mol. The summed E-state index contributed by atoms with van der Waals surface area (Å²) in [6, 6.07) is 0. The summed E-state index contributed by atoms with van der Waals surface area (Å²) in [5, 5.41) is 8.88. The van der Waals surface area contributed by atoms with Gasteiger partial charge in [0.25, 0.3) is 0 Å². The molecule has 0 bridgehead atoms. The molecule has 1 N–H and O–H groups in total. The molecule has 4 heteroatoms. The Labute approximate surface area is 95.6 Å². The summed E-state index contributed by atoms with van der Waals surface area (Å²) in [6.07, 6.45) is 5.09. The molecule has 0 aromatic carbocycles. The van der Waals surface area contributed by atoms with Crippen LogP contribution in [0.4, 0.5) is 0 Å². The normalized spacial score (nSPS) is 30.4. The summed E-state index contributed by atoms with van der Waals surface area (Å²) < 4.78 is 0. The zero-order valence-corrected chi connectivity index (χ0v) is 9.52. The fraction of sp³-hybridized carbons (Fsp3) is 0.833. The third-order valence-corrected chi connectivity index (χ3v) is 3.84. The first-order chi connectivity index (χ1) is 7.68. The van der Waals surface area contributed by atoms with Gasteiger partial charge in [-0.05, 0) is 38.5 Å². The molecule has 1 heterocycles. The highest BCUT2D eigenvalue weighted by Crippen LogP contribution is 2.30. The summed E-state index contributed by atoms with van der Waals surface area (Å²) in [5.41, 5.74) is 0. The van der Waals surface area contributed by atoms with Gasteiger partial charge in [0.2, 0.25) is 5.91 Å². The minimum Gasteiger partial charge on any atom is -0.481 e. The maximum atomic E-state index is 12.1. The van der Waals surface area contributed by atoms with Gasteiger partial charge in [-0.15, -0.1) is 0 Å². The Balaban J connectivity index is 1.84. The molecule has 0 spiro atoms. The lowest BCUT2D eigenvalue weighted by molar-refractivity contribution is -0.145. The first-order valence-electron chi connectivity index (χ1n) is 6.20. The largest absolute Gasteiger partial charge is 0.481 e. The first kappa shape index (κ1) is 11.4. The quantitative estimate of drug-likeness (QED) is 0.774. The maximum Gasteiger partial charge on any atom is 0.306 e. The van der Waals surface area contributed by atoms with Gasteiger partial charge in [0, 0.05) is 19.0 Å². The van der Waals surface area contributed by atoms with Crippen LogP contribution in [-0.2, 0) is 9.59 Å². The number of likely N-dealkylation sites (tertiary alicyclic amines) is 1. The molecule has 90 valence electrons. The average molecular weight is 225 g/mol. The number of nitrogens with zero attached hydrogens (tertiary/aromatic N) is 1. The summed E-state index contributed by atoms with van der Waals surface area (Å²) >= 11 is 0. The van der Waals surface area contributed by atoms with E-state index in [1.807, 2.05) is 4.90 Å². The molecule has 1 saturated carbocycles. The Morgan fingerprint density at radius 3 is 1.94 bits per heavy atom. The number of amides is 1. The lowest BCUT2D eigenvalue weighted by Gasteiger charge is -2.28. The van der Waals surface area contributed by atoms with Crippen LogP contribution in [0, 0.1) is 11.8 Å². The molecular weight excluding hydrogens is 206 g/mol. The second-order valence-electron chi connectivity index (χ2n) is 4.92. The van der Waals surface area contributed by atoms with Crippen LogP contribution in [0.2, 0.25) is 0 Å². The summed E-state index contributed by atoms with van der Waals surface area (Å²) in [7, 11) is 0. The van der Waals surface area contributed by atoms with Crippen molar-refractivity contribution >= 4 is 11.9 Å². The first-order valence-corrected chi connectivity index (χ1v) is 6.20. The molecule has 0 aromatic rings. The van der Waals surface area contributed by atoms with Crippen molar-refractivity contribution in [1.29, 1.82) is 0 Å². The van der Waals surface area contributed by atoms with Gasteiger partial charge >= 0.3 is 5.97 Å². The van der Waals surface area contributed by atoms with Gasteiger partial charge in [-0.3, -0.25) is 9.59 Å². The number of rotatable bonds is 2. The van der Waals surface area contributed by atoms with Crippen LogP contribution >= 0.6 is 0 Å². The molecule has 0 atom stereocenters. The molecule has 0 radical (unpaired) electrons. The maximum absolute atomic E-state index is 12.1. The molecule has 2 rings (SSSR count). The molecule has 1 aliphatic heterocycles. The van der Waals surface area contributed by atoms with E-state index in [1.165, 1.54) is 0 Å². The lowest BCUT2D eigenvalue weighted by atomic mass is 9.81. The van der Waals surface area contributed by atoms with E-state index in [4.69, 9.17) is 5.11 Å². The summed E-state index contributed by atoms with van der Waals surface area (Å²) in [4.78, 5) is 24.8. The van der Waals surface area contributed by atoms with E-state index in [0.29, 0.717) is 12.8 Å². The van der Waals surface area contributed by atoms with Gasteiger partial charge in [0.1, 0.15) is 0 Å². The molecule has 2 fully saturated rings. The number of hydrogen-bond acceptors (Lipinski definition) is 2. The van der Waals surface area contributed by atoms with Crippen LogP contribution in [0.3, 0.4) is 0 Å². The van der Waals surface area contributed by atoms with Crippen LogP contribution < -0.4 is 0 Å².